The van der Waals surface area contributed by atoms with Crippen molar-refractivity contribution in [2.75, 3.05) is 6.54 Å². The Kier molecular flexibility index (Phi) is 3.94. The van der Waals surface area contributed by atoms with Crippen LogP contribution in [0.5, 0.6) is 0 Å². The van der Waals surface area contributed by atoms with Crippen molar-refractivity contribution in [3.05, 3.63) is 54.1 Å². The quantitative estimate of drug-likeness (QED) is 0.852. The third kappa shape index (κ3) is 2.94. The highest BCUT2D eigenvalue weighted by atomic mass is 15.1. The lowest BCUT2D eigenvalue weighted by Crippen LogP contribution is -2.25. The Morgan fingerprint density at radius 3 is 2.65 bits per heavy atom. The number of aryl methyl sites for hydroxylation is 1. The monoisotopic (exact) mass is 229 g/mol. The SMILES string of the molecule is CCNC(Cc1ccccc1)c1nccn1C. The van der Waals surface area contributed by atoms with E-state index in [9.17, 15) is 0 Å². The summed E-state index contributed by atoms with van der Waals surface area (Å²) in [6, 6.07) is 10.8. The highest BCUT2D eigenvalue weighted by Gasteiger charge is 2.14. The van der Waals surface area contributed by atoms with Crippen molar-refractivity contribution in [2.24, 2.45) is 7.05 Å². The maximum absolute atomic E-state index is 4.43. The lowest BCUT2D eigenvalue weighted by Gasteiger charge is -2.17. The molecule has 1 heterocycles. The molecule has 0 aliphatic heterocycles. The van der Waals surface area contributed by atoms with Crippen LogP contribution < -0.4 is 5.32 Å². The minimum atomic E-state index is 0.280. The first-order valence-electron chi connectivity index (χ1n) is 6.05. The van der Waals surface area contributed by atoms with Crippen LogP contribution in [0, 0.1) is 0 Å². The van der Waals surface area contributed by atoms with Gasteiger partial charge in [-0.25, -0.2) is 4.98 Å². The van der Waals surface area contributed by atoms with Gasteiger partial charge in [0.25, 0.3) is 0 Å². The van der Waals surface area contributed by atoms with Crippen molar-refractivity contribution in [1.82, 2.24) is 14.9 Å². The Morgan fingerprint density at radius 1 is 1.29 bits per heavy atom. The van der Waals surface area contributed by atoms with E-state index in [-0.39, 0.29) is 6.04 Å². The van der Waals surface area contributed by atoms with E-state index in [1.165, 1.54) is 5.56 Å². The molecule has 90 valence electrons. The fourth-order valence-corrected chi connectivity index (χ4v) is 2.06. The molecule has 0 fully saturated rings. The molecule has 1 aromatic carbocycles. The van der Waals surface area contributed by atoms with Gasteiger partial charge in [0.1, 0.15) is 5.82 Å². The van der Waals surface area contributed by atoms with E-state index in [4.69, 9.17) is 0 Å². The molecule has 1 aromatic heterocycles. The summed E-state index contributed by atoms with van der Waals surface area (Å²) in [4.78, 5) is 4.43. The molecule has 0 saturated heterocycles. The van der Waals surface area contributed by atoms with Gasteiger partial charge in [-0.1, -0.05) is 37.3 Å². The van der Waals surface area contributed by atoms with Gasteiger partial charge in [0.15, 0.2) is 0 Å². The summed E-state index contributed by atoms with van der Waals surface area (Å²) in [6.45, 7) is 3.07. The summed E-state index contributed by atoms with van der Waals surface area (Å²) >= 11 is 0. The molecular weight excluding hydrogens is 210 g/mol. The molecule has 1 atom stereocenters. The predicted octanol–water partition coefficient (Wildman–Crippen LogP) is 2.31. The number of benzene rings is 1. The van der Waals surface area contributed by atoms with E-state index in [2.05, 4.69) is 46.1 Å². The fraction of sp³-hybridized carbons (Fsp3) is 0.357. The molecule has 2 aromatic rings. The van der Waals surface area contributed by atoms with Gasteiger partial charge in [-0.2, -0.15) is 0 Å². The summed E-state index contributed by atoms with van der Waals surface area (Å²) in [6.07, 6.45) is 4.81. The van der Waals surface area contributed by atoms with Gasteiger partial charge < -0.3 is 9.88 Å². The van der Waals surface area contributed by atoms with Crippen LogP contribution in [0.15, 0.2) is 42.7 Å². The van der Waals surface area contributed by atoms with E-state index in [1.807, 2.05) is 25.5 Å². The average molecular weight is 229 g/mol. The second-order valence-corrected chi connectivity index (χ2v) is 4.20. The molecule has 17 heavy (non-hydrogen) atoms. The molecule has 3 heteroatoms. The molecule has 0 bridgehead atoms. The zero-order chi connectivity index (χ0) is 12.1. The Bertz CT molecular complexity index is 448. The average Bonchev–Trinajstić information content (AvgIpc) is 2.76. The summed E-state index contributed by atoms with van der Waals surface area (Å²) in [5.74, 6) is 1.09. The maximum atomic E-state index is 4.43. The normalized spacial score (nSPS) is 12.6. The molecular formula is C14H19N3. The van der Waals surface area contributed by atoms with Gasteiger partial charge in [0.05, 0.1) is 6.04 Å². The van der Waals surface area contributed by atoms with Crippen molar-refractivity contribution in [3.63, 3.8) is 0 Å². The summed E-state index contributed by atoms with van der Waals surface area (Å²) < 4.78 is 2.08. The number of hydrogen-bond acceptors (Lipinski definition) is 2. The summed E-state index contributed by atoms with van der Waals surface area (Å²) in [5.41, 5.74) is 1.33. The maximum Gasteiger partial charge on any atom is 0.125 e. The van der Waals surface area contributed by atoms with E-state index in [1.54, 1.807) is 0 Å². The van der Waals surface area contributed by atoms with Crippen LogP contribution in [0.25, 0.3) is 0 Å². The largest absolute Gasteiger partial charge is 0.337 e. The zero-order valence-corrected chi connectivity index (χ0v) is 10.4. The Hall–Kier alpha value is -1.61. The van der Waals surface area contributed by atoms with Gasteiger partial charge in [-0.15, -0.1) is 0 Å². The van der Waals surface area contributed by atoms with E-state index in [0.29, 0.717) is 0 Å². The van der Waals surface area contributed by atoms with E-state index >= 15 is 0 Å². The standard InChI is InChI=1S/C14H19N3/c1-3-15-13(14-16-9-10-17(14)2)11-12-7-5-4-6-8-12/h4-10,13,15H,3,11H2,1-2H3. The summed E-state index contributed by atoms with van der Waals surface area (Å²) in [7, 11) is 2.04. The second-order valence-electron chi connectivity index (χ2n) is 4.20. The zero-order valence-electron chi connectivity index (χ0n) is 10.4. The van der Waals surface area contributed by atoms with Crippen molar-refractivity contribution in [3.8, 4) is 0 Å². The highest BCUT2D eigenvalue weighted by molar-refractivity contribution is 5.17. The molecule has 0 radical (unpaired) electrons. The van der Waals surface area contributed by atoms with Crippen molar-refractivity contribution >= 4 is 0 Å². The molecule has 1 N–H and O–H groups in total. The van der Waals surface area contributed by atoms with Crippen LogP contribution in [0.4, 0.5) is 0 Å². The van der Waals surface area contributed by atoms with Gasteiger partial charge >= 0.3 is 0 Å². The van der Waals surface area contributed by atoms with Crippen LogP contribution in [0.1, 0.15) is 24.4 Å². The third-order valence-corrected chi connectivity index (χ3v) is 2.90. The molecule has 0 spiro atoms. The minimum absolute atomic E-state index is 0.280. The van der Waals surface area contributed by atoms with Gasteiger partial charge in [0, 0.05) is 19.4 Å². The predicted molar refractivity (Wildman–Crippen MR) is 69.8 cm³/mol. The number of likely N-dealkylation sites (N-methyl/N-ethyl adjacent to an activating group) is 1. The lowest BCUT2D eigenvalue weighted by atomic mass is 10.1. The Labute approximate surface area is 103 Å². The van der Waals surface area contributed by atoms with Gasteiger partial charge in [-0.3, -0.25) is 0 Å². The lowest BCUT2D eigenvalue weighted by molar-refractivity contribution is 0.506. The van der Waals surface area contributed by atoms with Crippen LogP contribution in [-0.2, 0) is 13.5 Å². The molecule has 1 unspecified atom stereocenters. The van der Waals surface area contributed by atoms with Gasteiger partial charge in [0.2, 0.25) is 0 Å². The van der Waals surface area contributed by atoms with Crippen LogP contribution in [-0.4, -0.2) is 16.1 Å². The topological polar surface area (TPSA) is 29.9 Å². The molecule has 2 rings (SSSR count). The van der Waals surface area contributed by atoms with E-state index < -0.39 is 0 Å². The first-order valence-corrected chi connectivity index (χ1v) is 6.05. The molecule has 3 nitrogen and oxygen atoms in total. The number of aromatic nitrogens is 2. The number of nitrogens with one attached hydrogen (secondary N) is 1. The smallest absolute Gasteiger partial charge is 0.125 e. The second kappa shape index (κ2) is 5.64. The number of imidazole rings is 1. The van der Waals surface area contributed by atoms with Crippen molar-refractivity contribution < 1.29 is 0 Å². The molecule has 0 amide bonds. The Balaban J connectivity index is 2.16. The van der Waals surface area contributed by atoms with Crippen LogP contribution in [0.3, 0.4) is 0 Å². The molecule has 0 aliphatic carbocycles. The third-order valence-electron chi connectivity index (χ3n) is 2.90. The van der Waals surface area contributed by atoms with Gasteiger partial charge in [-0.05, 0) is 18.5 Å². The van der Waals surface area contributed by atoms with Crippen molar-refractivity contribution in [2.45, 2.75) is 19.4 Å². The van der Waals surface area contributed by atoms with Crippen molar-refractivity contribution in [1.29, 1.82) is 0 Å². The fourth-order valence-electron chi connectivity index (χ4n) is 2.06. The van der Waals surface area contributed by atoms with Crippen LogP contribution >= 0.6 is 0 Å². The number of hydrogen-bond donors (Lipinski definition) is 1. The summed E-state index contributed by atoms with van der Waals surface area (Å²) in [5, 5.41) is 3.49. The molecule has 0 saturated carbocycles. The number of rotatable bonds is 5. The van der Waals surface area contributed by atoms with E-state index in [0.717, 1.165) is 18.8 Å². The first kappa shape index (κ1) is 11.9. The Morgan fingerprint density at radius 2 is 2.06 bits per heavy atom. The minimum Gasteiger partial charge on any atom is -0.337 e. The number of nitrogens with zero attached hydrogens (tertiary/aromatic N) is 2. The highest BCUT2D eigenvalue weighted by Crippen LogP contribution is 2.16. The molecule has 0 aliphatic rings. The first-order chi connectivity index (χ1) is 8.31. The van der Waals surface area contributed by atoms with Crippen LogP contribution in [0.2, 0.25) is 0 Å².